The van der Waals surface area contributed by atoms with E-state index in [1.54, 1.807) is 12.1 Å². The summed E-state index contributed by atoms with van der Waals surface area (Å²) in [4.78, 5) is 23.7. The molecule has 1 saturated carbocycles. The number of fused-ring (bicyclic) bond motifs is 1. The van der Waals surface area contributed by atoms with Crippen molar-refractivity contribution in [1.29, 1.82) is 0 Å². The molecule has 1 aromatic heterocycles. The molecule has 1 fully saturated rings. The molecule has 0 aliphatic heterocycles. The van der Waals surface area contributed by atoms with Crippen LogP contribution in [0.25, 0.3) is 11.0 Å². The average molecular weight is 398 g/mol. The maximum atomic E-state index is 12.3. The van der Waals surface area contributed by atoms with Crippen LogP contribution in [0.4, 0.5) is 0 Å². The van der Waals surface area contributed by atoms with Crippen LogP contribution >= 0.6 is 0 Å². The van der Waals surface area contributed by atoms with Gasteiger partial charge in [-0.05, 0) is 63.3 Å². The van der Waals surface area contributed by atoms with Crippen LogP contribution in [-0.2, 0) is 4.79 Å². The second-order valence-electron chi connectivity index (χ2n) is 8.91. The first kappa shape index (κ1) is 21.3. The fourth-order valence-electron chi connectivity index (χ4n) is 4.39. The Bertz CT molecular complexity index is 980. The van der Waals surface area contributed by atoms with Gasteiger partial charge in [-0.2, -0.15) is 0 Å². The third-order valence-electron chi connectivity index (χ3n) is 6.30. The van der Waals surface area contributed by atoms with Gasteiger partial charge >= 0.3 is 5.63 Å². The lowest BCUT2D eigenvalue weighted by molar-refractivity contribution is -0.149. The Morgan fingerprint density at radius 3 is 2.72 bits per heavy atom. The topological polar surface area (TPSA) is 76.7 Å². The van der Waals surface area contributed by atoms with E-state index in [9.17, 15) is 14.7 Å². The molecule has 0 unspecified atom stereocenters. The zero-order valence-electron chi connectivity index (χ0n) is 17.7. The molecule has 156 valence electrons. The lowest BCUT2D eigenvalue weighted by Crippen LogP contribution is -2.51. The molecule has 0 amide bonds. The number of carbonyl (C=O) groups excluding carboxylic acids is 1. The average Bonchev–Trinajstić information content (AvgIpc) is 2.64. The predicted molar refractivity (Wildman–Crippen MR) is 113 cm³/mol. The van der Waals surface area contributed by atoms with E-state index >= 15 is 0 Å². The van der Waals surface area contributed by atoms with E-state index in [1.807, 2.05) is 45.9 Å². The number of hydrogen-bond acceptors (Lipinski definition) is 5. The largest absolute Gasteiger partial charge is 0.489 e. The number of benzene rings is 1. The lowest BCUT2D eigenvalue weighted by atomic mass is 9.59. The summed E-state index contributed by atoms with van der Waals surface area (Å²) in [7, 11) is 0. The molecule has 1 N–H and O–H groups in total. The van der Waals surface area contributed by atoms with Gasteiger partial charge in [-0.25, -0.2) is 4.79 Å². The SMILES string of the molecule is C/C(=C\COc1ccc2ccc(=O)oc2c1)CC[C@@H]1C(C)(C)C(=O)CC[C@@]1(C)O. The zero-order chi connectivity index (χ0) is 21.2. The van der Waals surface area contributed by atoms with Crippen LogP contribution in [0, 0.1) is 11.3 Å². The highest BCUT2D eigenvalue weighted by molar-refractivity contribution is 5.85. The van der Waals surface area contributed by atoms with Gasteiger partial charge in [0.05, 0.1) is 5.60 Å². The number of carbonyl (C=O) groups is 1. The first-order chi connectivity index (χ1) is 13.6. The summed E-state index contributed by atoms with van der Waals surface area (Å²) in [6, 6.07) is 8.54. The van der Waals surface area contributed by atoms with Crippen LogP contribution in [0.3, 0.4) is 0 Å². The van der Waals surface area contributed by atoms with E-state index in [4.69, 9.17) is 9.15 Å². The van der Waals surface area contributed by atoms with Crippen LogP contribution in [0.2, 0.25) is 0 Å². The maximum absolute atomic E-state index is 12.3. The molecule has 29 heavy (non-hydrogen) atoms. The molecule has 1 aromatic carbocycles. The van der Waals surface area contributed by atoms with Gasteiger partial charge in [-0.1, -0.05) is 19.4 Å². The van der Waals surface area contributed by atoms with Crippen LogP contribution in [0.15, 0.2) is 51.2 Å². The quantitative estimate of drug-likeness (QED) is 0.566. The van der Waals surface area contributed by atoms with Gasteiger partial charge in [0.1, 0.15) is 23.7 Å². The minimum absolute atomic E-state index is 0.0658. The number of ketones is 1. The minimum Gasteiger partial charge on any atom is -0.489 e. The second-order valence-corrected chi connectivity index (χ2v) is 8.91. The summed E-state index contributed by atoms with van der Waals surface area (Å²) in [5.74, 6) is 0.809. The summed E-state index contributed by atoms with van der Waals surface area (Å²) in [6.07, 6.45) is 4.55. The third kappa shape index (κ3) is 4.78. The van der Waals surface area contributed by atoms with Gasteiger partial charge in [0.25, 0.3) is 0 Å². The molecular formula is C24H30O5. The number of Topliss-reactive ketones (excluding diaryl/α,β-unsaturated/α-hetero) is 1. The Hall–Kier alpha value is -2.40. The van der Waals surface area contributed by atoms with Crippen molar-refractivity contribution < 1.29 is 19.1 Å². The summed E-state index contributed by atoms with van der Waals surface area (Å²) in [5.41, 5.74) is -0.0500. The van der Waals surface area contributed by atoms with Crippen LogP contribution in [0.5, 0.6) is 5.75 Å². The molecule has 1 heterocycles. The zero-order valence-corrected chi connectivity index (χ0v) is 17.7. The molecule has 0 saturated heterocycles. The van der Waals surface area contributed by atoms with E-state index in [1.165, 1.54) is 6.07 Å². The van der Waals surface area contributed by atoms with E-state index < -0.39 is 11.0 Å². The number of aliphatic hydroxyl groups is 1. The van der Waals surface area contributed by atoms with E-state index in [0.29, 0.717) is 30.8 Å². The summed E-state index contributed by atoms with van der Waals surface area (Å²) in [5, 5.41) is 11.7. The van der Waals surface area contributed by atoms with Crippen molar-refractivity contribution in [3.63, 3.8) is 0 Å². The number of rotatable bonds is 6. The summed E-state index contributed by atoms with van der Waals surface area (Å²) in [6.45, 7) is 8.20. The van der Waals surface area contributed by atoms with Crippen molar-refractivity contribution in [2.75, 3.05) is 6.61 Å². The Balaban J connectivity index is 1.59. The second kappa shape index (κ2) is 8.15. The highest BCUT2D eigenvalue weighted by Crippen LogP contribution is 2.46. The monoisotopic (exact) mass is 398 g/mol. The Morgan fingerprint density at radius 1 is 1.24 bits per heavy atom. The van der Waals surface area contributed by atoms with Crippen molar-refractivity contribution in [3.8, 4) is 5.75 Å². The van der Waals surface area contributed by atoms with Crippen LogP contribution in [0.1, 0.15) is 53.4 Å². The molecule has 1 aliphatic rings. The summed E-state index contributed by atoms with van der Waals surface area (Å²) < 4.78 is 11.0. The van der Waals surface area contributed by atoms with Crippen molar-refractivity contribution >= 4 is 16.8 Å². The molecule has 1 aliphatic carbocycles. The van der Waals surface area contributed by atoms with Gasteiger partial charge in [0.2, 0.25) is 0 Å². The van der Waals surface area contributed by atoms with Crippen molar-refractivity contribution in [3.05, 3.63) is 52.4 Å². The first-order valence-corrected chi connectivity index (χ1v) is 10.2. The Morgan fingerprint density at radius 2 is 1.97 bits per heavy atom. The minimum atomic E-state index is -0.816. The van der Waals surface area contributed by atoms with Crippen molar-refractivity contribution in [2.45, 2.75) is 59.0 Å². The lowest BCUT2D eigenvalue weighted by Gasteiger charge is -2.47. The van der Waals surface area contributed by atoms with Gasteiger partial charge in [0, 0.05) is 29.4 Å². The molecular weight excluding hydrogens is 368 g/mol. The van der Waals surface area contributed by atoms with Crippen molar-refractivity contribution in [2.24, 2.45) is 11.3 Å². The Labute approximate surface area is 171 Å². The fraction of sp³-hybridized carbons (Fsp3) is 0.500. The molecule has 0 spiro atoms. The number of allylic oxidation sites excluding steroid dienone is 1. The van der Waals surface area contributed by atoms with Gasteiger partial charge in [0.15, 0.2) is 0 Å². The molecule has 5 heteroatoms. The highest BCUT2D eigenvalue weighted by Gasteiger charge is 2.49. The molecule has 2 atom stereocenters. The molecule has 3 rings (SSSR count). The van der Waals surface area contributed by atoms with Crippen LogP contribution in [-0.4, -0.2) is 23.1 Å². The first-order valence-electron chi connectivity index (χ1n) is 10.2. The Kier molecular flexibility index (Phi) is 5.99. The summed E-state index contributed by atoms with van der Waals surface area (Å²) >= 11 is 0. The normalized spacial score (nSPS) is 24.7. The molecule has 2 aromatic rings. The molecule has 5 nitrogen and oxygen atoms in total. The maximum Gasteiger partial charge on any atom is 0.336 e. The van der Waals surface area contributed by atoms with Gasteiger partial charge in [-0.15, -0.1) is 0 Å². The third-order valence-corrected chi connectivity index (χ3v) is 6.30. The van der Waals surface area contributed by atoms with E-state index in [-0.39, 0.29) is 17.3 Å². The van der Waals surface area contributed by atoms with E-state index in [2.05, 4.69) is 0 Å². The van der Waals surface area contributed by atoms with E-state index in [0.717, 1.165) is 23.8 Å². The predicted octanol–water partition coefficient (Wildman–Crippen LogP) is 4.65. The van der Waals surface area contributed by atoms with Gasteiger partial charge in [-0.3, -0.25) is 4.79 Å². The number of hydrogen-bond donors (Lipinski definition) is 1. The fourth-order valence-corrected chi connectivity index (χ4v) is 4.39. The molecule has 0 radical (unpaired) electrons. The van der Waals surface area contributed by atoms with Crippen LogP contribution < -0.4 is 10.4 Å². The number of ether oxygens (including phenoxy) is 1. The smallest absolute Gasteiger partial charge is 0.336 e. The standard InChI is InChI=1S/C24H30O5/c1-16(5-9-20-23(2,3)21(25)11-13-24(20,4)27)12-14-28-18-8-6-17-7-10-22(26)29-19(17)15-18/h6-8,10,12,15,20,27H,5,9,11,13-14H2,1-4H3/b16-12+/t20-,24-/m1/s1. The molecule has 0 bridgehead atoms. The van der Waals surface area contributed by atoms with Crippen molar-refractivity contribution in [1.82, 2.24) is 0 Å². The van der Waals surface area contributed by atoms with Gasteiger partial charge < -0.3 is 14.3 Å². The highest BCUT2D eigenvalue weighted by atomic mass is 16.5.